The van der Waals surface area contributed by atoms with Gasteiger partial charge in [0.2, 0.25) is 0 Å². The van der Waals surface area contributed by atoms with Crippen molar-refractivity contribution in [1.29, 1.82) is 0 Å². The summed E-state index contributed by atoms with van der Waals surface area (Å²) in [4.78, 5) is 5.76. The summed E-state index contributed by atoms with van der Waals surface area (Å²) >= 11 is 1.68. The maximum absolute atomic E-state index is 9.32. The molecule has 2 rings (SSSR count). The van der Waals surface area contributed by atoms with E-state index in [2.05, 4.69) is 17.2 Å². The minimum absolute atomic E-state index is 0.239. The van der Waals surface area contributed by atoms with Gasteiger partial charge in [0.1, 0.15) is 5.01 Å². The van der Waals surface area contributed by atoms with Gasteiger partial charge in [0.05, 0.1) is 18.4 Å². The molecule has 0 radical (unpaired) electrons. The third kappa shape index (κ3) is 3.53. The summed E-state index contributed by atoms with van der Waals surface area (Å²) in [7, 11) is 0. The Balaban J connectivity index is 2.15. The standard InChI is InChI=1S/C14H18N2O2S/c1-9-10(2)19-14(16-9)11-4-3-5-12(6-11)15-7-13(18)8-17/h3-6,13,15,17-18H,7-8H2,1-2H3. The van der Waals surface area contributed by atoms with Crippen molar-refractivity contribution in [1.82, 2.24) is 4.98 Å². The molecule has 5 heteroatoms. The van der Waals surface area contributed by atoms with Crippen LogP contribution in [-0.4, -0.2) is 34.5 Å². The van der Waals surface area contributed by atoms with E-state index >= 15 is 0 Å². The van der Waals surface area contributed by atoms with Crippen LogP contribution in [0.4, 0.5) is 5.69 Å². The van der Waals surface area contributed by atoms with Crippen LogP contribution in [0, 0.1) is 13.8 Å². The number of aryl methyl sites for hydroxylation is 2. The monoisotopic (exact) mass is 278 g/mol. The van der Waals surface area contributed by atoms with Gasteiger partial charge in [-0.25, -0.2) is 4.98 Å². The highest BCUT2D eigenvalue weighted by Gasteiger charge is 2.07. The van der Waals surface area contributed by atoms with Gasteiger partial charge in [-0.3, -0.25) is 0 Å². The summed E-state index contributed by atoms with van der Waals surface area (Å²) in [5, 5.41) is 22.2. The van der Waals surface area contributed by atoms with Gasteiger partial charge in [0.25, 0.3) is 0 Å². The van der Waals surface area contributed by atoms with Gasteiger partial charge in [0.15, 0.2) is 0 Å². The molecule has 3 N–H and O–H groups in total. The summed E-state index contributed by atoms with van der Waals surface area (Å²) in [6.45, 7) is 4.17. The van der Waals surface area contributed by atoms with E-state index in [0.717, 1.165) is 22.0 Å². The molecule has 1 heterocycles. The highest BCUT2D eigenvalue weighted by molar-refractivity contribution is 7.15. The maximum atomic E-state index is 9.32. The van der Waals surface area contributed by atoms with Crippen LogP contribution in [0.2, 0.25) is 0 Å². The van der Waals surface area contributed by atoms with Gasteiger partial charge >= 0.3 is 0 Å². The van der Waals surface area contributed by atoms with E-state index < -0.39 is 6.10 Å². The molecule has 0 bridgehead atoms. The fourth-order valence-corrected chi connectivity index (χ4v) is 2.57. The Kier molecular flexibility index (Phi) is 4.52. The number of nitrogens with one attached hydrogen (secondary N) is 1. The maximum Gasteiger partial charge on any atom is 0.123 e. The third-order valence-corrected chi connectivity index (χ3v) is 4.01. The lowest BCUT2D eigenvalue weighted by Gasteiger charge is -2.10. The van der Waals surface area contributed by atoms with Crippen LogP contribution < -0.4 is 5.32 Å². The van der Waals surface area contributed by atoms with Crippen molar-refractivity contribution >= 4 is 17.0 Å². The van der Waals surface area contributed by atoms with Crippen LogP contribution in [0.3, 0.4) is 0 Å². The second kappa shape index (κ2) is 6.14. The first-order chi connectivity index (χ1) is 9.10. The lowest BCUT2D eigenvalue weighted by Crippen LogP contribution is -2.22. The van der Waals surface area contributed by atoms with Gasteiger partial charge in [-0.15, -0.1) is 11.3 Å². The second-order valence-corrected chi connectivity index (χ2v) is 5.66. The molecule has 0 saturated carbocycles. The smallest absolute Gasteiger partial charge is 0.123 e. The Morgan fingerprint density at radius 2 is 2.16 bits per heavy atom. The topological polar surface area (TPSA) is 65.4 Å². The van der Waals surface area contributed by atoms with Gasteiger partial charge in [-0.2, -0.15) is 0 Å². The van der Waals surface area contributed by atoms with Crippen molar-refractivity contribution in [3.05, 3.63) is 34.8 Å². The number of nitrogens with zero attached hydrogens (tertiary/aromatic N) is 1. The highest BCUT2D eigenvalue weighted by atomic mass is 32.1. The molecule has 0 aliphatic heterocycles. The normalized spacial score (nSPS) is 12.4. The average Bonchev–Trinajstić information content (AvgIpc) is 2.76. The fourth-order valence-electron chi connectivity index (χ4n) is 1.66. The first-order valence-corrected chi connectivity index (χ1v) is 6.99. The van der Waals surface area contributed by atoms with Gasteiger partial charge in [-0.1, -0.05) is 12.1 Å². The Labute approximate surface area is 116 Å². The van der Waals surface area contributed by atoms with E-state index in [1.807, 2.05) is 31.2 Å². The summed E-state index contributed by atoms with van der Waals surface area (Å²) in [6.07, 6.45) is -0.743. The molecule has 0 saturated heterocycles. The number of aliphatic hydroxyl groups is 2. The van der Waals surface area contributed by atoms with E-state index in [1.54, 1.807) is 11.3 Å². The zero-order chi connectivity index (χ0) is 13.8. The van der Waals surface area contributed by atoms with Gasteiger partial charge in [-0.05, 0) is 26.0 Å². The molecule has 1 aromatic carbocycles. The predicted octanol–water partition coefficient (Wildman–Crippen LogP) is 2.19. The van der Waals surface area contributed by atoms with Crippen LogP contribution in [0.25, 0.3) is 10.6 Å². The fraction of sp³-hybridized carbons (Fsp3) is 0.357. The molecule has 0 spiro atoms. The van der Waals surface area contributed by atoms with E-state index in [4.69, 9.17) is 5.11 Å². The Bertz CT molecular complexity index is 535. The molecule has 1 unspecified atom stereocenters. The zero-order valence-electron chi connectivity index (χ0n) is 11.1. The number of aliphatic hydroxyl groups excluding tert-OH is 2. The molecule has 1 aromatic heterocycles. The van der Waals surface area contributed by atoms with Crippen LogP contribution >= 0.6 is 11.3 Å². The largest absolute Gasteiger partial charge is 0.394 e. The number of benzene rings is 1. The van der Waals surface area contributed by atoms with Crippen molar-refractivity contribution in [2.45, 2.75) is 20.0 Å². The summed E-state index contributed by atoms with van der Waals surface area (Å²) < 4.78 is 0. The number of thiazole rings is 1. The molecule has 19 heavy (non-hydrogen) atoms. The quantitative estimate of drug-likeness (QED) is 0.784. The lowest BCUT2D eigenvalue weighted by atomic mass is 10.2. The summed E-state index contributed by atoms with van der Waals surface area (Å²) in [5.74, 6) is 0. The third-order valence-electron chi connectivity index (χ3n) is 2.89. The summed E-state index contributed by atoms with van der Waals surface area (Å²) in [5.41, 5.74) is 3.04. The zero-order valence-corrected chi connectivity index (χ0v) is 11.9. The molecule has 0 amide bonds. The molecular formula is C14H18N2O2S. The number of hydrogen-bond donors (Lipinski definition) is 3. The molecule has 0 fully saturated rings. The molecular weight excluding hydrogens is 260 g/mol. The number of aromatic nitrogens is 1. The van der Waals surface area contributed by atoms with Crippen molar-refractivity contribution in [2.75, 3.05) is 18.5 Å². The van der Waals surface area contributed by atoms with E-state index in [1.165, 1.54) is 4.88 Å². The average molecular weight is 278 g/mol. The molecule has 2 aromatic rings. The molecule has 102 valence electrons. The Morgan fingerprint density at radius 3 is 2.79 bits per heavy atom. The van der Waals surface area contributed by atoms with Crippen LogP contribution in [0.15, 0.2) is 24.3 Å². The number of rotatable bonds is 5. The molecule has 0 aliphatic carbocycles. The minimum atomic E-state index is -0.743. The number of anilines is 1. The summed E-state index contributed by atoms with van der Waals surface area (Å²) in [6, 6.07) is 7.91. The molecule has 4 nitrogen and oxygen atoms in total. The molecule has 1 atom stereocenters. The van der Waals surface area contributed by atoms with Crippen LogP contribution in [0.5, 0.6) is 0 Å². The first-order valence-electron chi connectivity index (χ1n) is 6.17. The predicted molar refractivity (Wildman–Crippen MR) is 78.6 cm³/mol. The number of hydrogen-bond acceptors (Lipinski definition) is 5. The van der Waals surface area contributed by atoms with Gasteiger partial charge in [0, 0.05) is 22.7 Å². The highest BCUT2D eigenvalue weighted by Crippen LogP contribution is 2.28. The first kappa shape index (κ1) is 14.0. The van der Waals surface area contributed by atoms with Crippen LogP contribution in [-0.2, 0) is 0 Å². The minimum Gasteiger partial charge on any atom is -0.394 e. The van der Waals surface area contributed by atoms with Crippen LogP contribution in [0.1, 0.15) is 10.6 Å². The van der Waals surface area contributed by atoms with Gasteiger partial charge < -0.3 is 15.5 Å². The second-order valence-electron chi connectivity index (χ2n) is 4.46. The lowest BCUT2D eigenvalue weighted by molar-refractivity contribution is 0.105. The van der Waals surface area contributed by atoms with E-state index in [-0.39, 0.29) is 6.61 Å². The van der Waals surface area contributed by atoms with Crippen molar-refractivity contribution in [2.24, 2.45) is 0 Å². The Hall–Kier alpha value is -1.43. The van der Waals surface area contributed by atoms with E-state index in [0.29, 0.717) is 6.54 Å². The van der Waals surface area contributed by atoms with Crippen molar-refractivity contribution in [3.63, 3.8) is 0 Å². The van der Waals surface area contributed by atoms with Crippen molar-refractivity contribution in [3.8, 4) is 10.6 Å². The molecule has 0 aliphatic rings. The SMILES string of the molecule is Cc1nc(-c2cccc(NCC(O)CO)c2)sc1C. The Morgan fingerprint density at radius 1 is 1.37 bits per heavy atom. The van der Waals surface area contributed by atoms with Crippen molar-refractivity contribution < 1.29 is 10.2 Å². The van der Waals surface area contributed by atoms with E-state index in [9.17, 15) is 5.11 Å².